The summed E-state index contributed by atoms with van der Waals surface area (Å²) in [6.45, 7) is 4.46. The van der Waals surface area contributed by atoms with E-state index in [-0.39, 0.29) is 12.5 Å². The zero-order valence-corrected chi connectivity index (χ0v) is 12.6. The Bertz CT molecular complexity index is 442. The van der Waals surface area contributed by atoms with Crippen molar-refractivity contribution in [2.75, 3.05) is 6.54 Å². The Hall–Kier alpha value is -1.10. The van der Waals surface area contributed by atoms with Crippen molar-refractivity contribution in [2.24, 2.45) is 11.8 Å². The maximum atomic E-state index is 13.3. The van der Waals surface area contributed by atoms with Gasteiger partial charge in [0, 0.05) is 17.9 Å². The molecule has 2 rings (SSSR count). The summed E-state index contributed by atoms with van der Waals surface area (Å²) >= 11 is 0. The lowest BCUT2D eigenvalue weighted by Crippen LogP contribution is -2.40. The molecule has 1 heterocycles. The fourth-order valence-corrected chi connectivity index (χ4v) is 3.36. The summed E-state index contributed by atoms with van der Waals surface area (Å²) in [5.41, 5.74) is 1.74. The maximum absolute atomic E-state index is 13.3. The van der Waals surface area contributed by atoms with Gasteiger partial charge in [0.25, 0.3) is 0 Å². The van der Waals surface area contributed by atoms with Gasteiger partial charge in [-0.25, -0.2) is 0 Å². The molecule has 0 aliphatic heterocycles. The summed E-state index contributed by atoms with van der Waals surface area (Å²) in [5.74, 6) is -1.61. The van der Waals surface area contributed by atoms with Crippen molar-refractivity contribution >= 4 is 0 Å². The first-order valence-corrected chi connectivity index (χ1v) is 7.66. The summed E-state index contributed by atoms with van der Waals surface area (Å²) in [4.78, 5) is 4.24. The lowest BCUT2D eigenvalue weighted by atomic mass is 9.73. The molecule has 1 aromatic rings. The van der Waals surface area contributed by atoms with Crippen LogP contribution in [-0.2, 0) is 0 Å². The molecule has 0 amide bonds. The Morgan fingerprint density at radius 3 is 2.57 bits per heavy atom. The molecule has 1 fully saturated rings. The number of alkyl halides is 3. The summed E-state index contributed by atoms with van der Waals surface area (Å²) in [6, 6.07) is 3.50. The van der Waals surface area contributed by atoms with Gasteiger partial charge in [-0.2, -0.15) is 13.2 Å². The van der Waals surface area contributed by atoms with E-state index in [0.29, 0.717) is 19.4 Å². The minimum Gasteiger partial charge on any atom is -0.310 e. The molecular weight excluding hydrogens is 277 g/mol. The summed E-state index contributed by atoms with van der Waals surface area (Å²) < 4.78 is 40.0. The van der Waals surface area contributed by atoms with E-state index in [1.54, 1.807) is 6.20 Å². The smallest absolute Gasteiger partial charge is 0.310 e. The van der Waals surface area contributed by atoms with E-state index in [1.165, 1.54) is 0 Å². The number of pyridine rings is 1. The SMILES string of the molecule is CCNC(c1ccc(C)nc1)C1CCCCC1C(F)(F)F. The van der Waals surface area contributed by atoms with Crippen LogP contribution in [0.5, 0.6) is 0 Å². The second-order valence-corrected chi connectivity index (χ2v) is 5.86. The molecule has 2 nitrogen and oxygen atoms in total. The molecule has 0 bridgehead atoms. The Morgan fingerprint density at radius 2 is 2.00 bits per heavy atom. The highest BCUT2D eigenvalue weighted by atomic mass is 19.4. The molecule has 1 aliphatic carbocycles. The highest BCUT2D eigenvalue weighted by Gasteiger charge is 2.47. The monoisotopic (exact) mass is 300 g/mol. The van der Waals surface area contributed by atoms with Crippen molar-refractivity contribution in [3.8, 4) is 0 Å². The van der Waals surface area contributed by atoms with Gasteiger partial charge in [-0.05, 0) is 43.9 Å². The zero-order valence-electron chi connectivity index (χ0n) is 12.6. The van der Waals surface area contributed by atoms with Gasteiger partial charge >= 0.3 is 6.18 Å². The summed E-state index contributed by atoms with van der Waals surface area (Å²) in [5, 5.41) is 3.25. The Morgan fingerprint density at radius 1 is 1.29 bits per heavy atom. The van der Waals surface area contributed by atoms with Crippen LogP contribution in [0.4, 0.5) is 13.2 Å². The van der Waals surface area contributed by atoms with Crippen molar-refractivity contribution < 1.29 is 13.2 Å². The van der Waals surface area contributed by atoms with Gasteiger partial charge in [-0.1, -0.05) is 25.8 Å². The minimum atomic E-state index is -4.11. The molecule has 21 heavy (non-hydrogen) atoms. The second-order valence-electron chi connectivity index (χ2n) is 5.86. The van der Waals surface area contributed by atoms with Crippen molar-refractivity contribution in [2.45, 2.75) is 51.7 Å². The first kappa shape index (κ1) is 16.3. The second kappa shape index (κ2) is 6.77. The summed E-state index contributed by atoms with van der Waals surface area (Å²) in [6.07, 6.45) is 0.0107. The average molecular weight is 300 g/mol. The Kier molecular flexibility index (Phi) is 5.25. The molecule has 1 N–H and O–H groups in total. The zero-order chi connectivity index (χ0) is 15.5. The number of hydrogen-bond acceptors (Lipinski definition) is 2. The van der Waals surface area contributed by atoms with Gasteiger partial charge in [0.1, 0.15) is 0 Å². The van der Waals surface area contributed by atoms with Crippen LogP contribution in [0.2, 0.25) is 0 Å². The van der Waals surface area contributed by atoms with Crippen molar-refractivity contribution in [3.05, 3.63) is 29.6 Å². The highest BCUT2D eigenvalue weighted by Crippen LogP contribution is 2.46. The predicted octanol–water partition coefficient (Wildman–Crippen LogP) is 4.41. The molecule has 3 atom stereocenters. The van der Waals surface area contributed by atoms with E-state index in [1.807, 2.05) is 26.0 Å². The van der Waals surface area contributed by atoms with Crippen molar-refractivity contribution in [1.82, 2.24) is 10.3 Å². The minimum absolute atomic E-state index is 0.245. The van der Waals surface area contributed by atoms with Crippen molar-refractivity contribution in [3.63, 3.8) is 0 Å². The Labute approximate surface area is 124 Å². The standard InChI is InChI=1S/C16H23F3N2/c1-3-20-15(12-9-8-11(2)21-10-12)13-6-4-5-7-14(13)16(17,18)19/h8-10,13-15,20H,3-7H2,1-2H3. The number of nitrogens with one attached hydrogen (secondary N) is 1. The van der Waals surface area contributed by atoms with Crippen LogP contribution in [-0.4, -0.2) is 17.7 Å². The third kappa shape index (κ3) is 3.96. The van der Waals surface area contributed by atoms with E-state index in [9.17, 15) is 13.2 Å². The normalized spacial score (nSPS) is 24.8. The molecule has 5 heteroatoms. The molecule has 3 unspecified atom stereocenters. The number of hydrogen-bond donors (Lipinski definition) is 1. The van der Waals surface area contributed by atoms with Gasteiger partial charge in [0.05, 0.1) is 5.92 Å². The quantitative estimate of drug-likeness (QED) is 0.891. The maximum Gasteiger partial charge on any atom is 0.392 e. The number of aromatic nitrogens is 1. The van der Waals surface area contributed by atoms with Gasteiger partial charge in [0.2, 0.25) is 0 Å². The highest BCUT2D eigenvalue weighted by molar-refractivity contribution is 5.19. The van der Waals surface area contributed by atoms with Crippen molar-refractivity contribution in [1.29, 1.82) is 0 Å². The van der Waals surface area contributed by atoms with Crippen LogP contribution < -0.4 is 5.32 Å². The van der Waals surface area contributed by atoms with E-state index >= 15 is 0 Å². The van der Waals surface area contributed by atoms with E-state index < -0.39 is 18.0 Å². The lowest BCUT2D eigenvalue weighted by Gasteiger charge is -2.38. The fraction of sp³-hybridized carbons (Fsp3) is 0.688. The van der Waals surface area contributed by atoms with Crippen LogP contribution in [0, 0.1) is 18.8 Å². The first-order chi connectivity index (χ1) is 9.93. The van der Waals surface area contributed by atoms with Gasteiger partial charge in [-0.3, -0.25) is 4.98 Å². The van der Waals surface area contributed by atoms with Crippen LogP contribution >= 0.6 is 0 Å². The molecule has 0 aromatic carbocycles. The fourth-order valence-electron chi connectivity index (χ4n) is 3.36. The topological polar surface area (TPSA) is 24.9 Å². The first-order valence-electron chi connectivity index (χ1n) is 7.66. The van der Waals surface area contributed by atoms with Gasteiger partial charge in [0.15, 0.2) is 0 Å². The lowest BCUT2D eigenvalue weighted by molar-refractivity contribution is -0.199. The third-order valence-corrected chi connectivity index (χ3v) is 4.39. The predicted molar refractivity (Wildman–Crippen MR) is 76.9 cm³/mol. The Balaban J connectivity index is 2.28. The van der Waals surface area contributed by atoms with Crippen LogP contribution in [0.1, 0.15) is 49.9 Å². The molecule has 1 saturated carbocycles. The molecule has 118 valence electrons. The summed E-state index contributed by atoms with van der Waals surface area (Å²) in [7, 11) is 0. The van der Waals surface area contributed by atoms with Crippen LogP contribution in [0.3, 0.4) is 0 Å². The molecule has 0 spiro atoms. The van der Waals surface area contributed by atoms with Gasteiger partial charge in [-0.15, -0.1) is 0 Å². The van der Waals surface area contributed by atoms with E-state index in [0.717, 1.165) is 17.7 Å². The molecule has 1 aromatic heterocycles. The number of nitrogens with zero attached hydrogens (tertiary/aromatic N) is 1. The molecular formula is C16H23F3N2. The van der Waals surface area contributed by atoms with E-state index in [2.05, 4.69) is 10.3 Å². The third-order valence-electron chi connectivity index (χ3n) is 4.39. The number of rotatable bonds is 4. The number of halogens is 3. The molecule has 0 saturated heterocycles. The average Bonchev–Trinajstić information content (AvgIpc) is 2.45. The van der Waals surface area contributed by atoms with Gasteiger partial charge < -0.3 is 5.32 Å². The molecule has 1 aliphatic rings. The molecule has 0 radical (unpaired) electrons. The van der Waals surface area contributed by atoms with Crippen LogP contribution in [0.25, 0.3) is 0 Å². The van der Waals surface area contributed by atoms with E-state index in [4.69, 9.17) is 0 Å². The van der Waals surface area contributed by atoms with Crippen LogP contribution in [0.15, 0.2) is 18.3 Å². The number of aryl methyl sites for hydroxylation is 1. The largest absolute Gasteiger partial charge is 0.392 e.